The van der Waals surface area contributed by atoms with Crippen molar-refractivity contribution >= 4 is 0 Å². The number of para-hydroxylation sites is 1. The van der Waals surface area contributed by atoms with E-state index in [1.807, 2.05) is 0 Å². The lowest BCUT2D eigenvalue weighted by molar-refractivity contribution is 0.251. The van der Waals surface area contributed by atoms with Crippen LogP contribution in [0.25, 0.3) is 0 Å². The first-order valence-corrected chi connectivity index (χ1v) is 7.92. The van der Waals surface area contributed by atoms with E-state index in [-0.39, 0.29) is 5.54 Å². The zero-order valence-electron chi connectivity index (χ0n) is 13.4. The van der Waals surface area contributed by atoms with Crippen molar-refractivity contribution in [3.63, 3.8) is 0 Å². The minimum atomic E-state index is 0.227. The highest BCUT2D eigenvalue weighted by Gasteiger charge is 2.22. The molecule has 0 saturated carbocycles. The predicted octanol–water partition coefficient (Wildman–Crippen LogP) is 4.36. The third kappa shape index (κ3) is 4.52. The topological polar surface area (TPSA) is 21.3 Å². The average molecular weight is 275 g/mol. The predicted molar refractivity (Wildman–Crippen MR) is 85.4 cm³/mol. The summed E-state index contributed by atoms with van der Waals surface area (Å²) < 4.78 is 5.75. The summed E-state index contributed by atoms with van der Waals surface area (Å²) in [7, 11) is 0. The minimum Gasteiger partial charge on any atom is -0.493 e. The molecular formula is C18H29NO. The van der Waals surface area contributed by atoms with Crippen LogP contribution in [0.15, 0.2) is 24.3 Å². The van der Waals surface area contributed by atoms with E-state index in [9.17, 15) is 0 Å². The van der Waals surface area contributed by atoms with Crippen LogP contribution in [0.5, 0.6) is 5.75 Å². The highest BCUT2D eigenvalue weighted by molar-refractivity contribution is 5.37. The Kier molecular flexibility index (Phi) is 5.09. The molecule has 2 heteroatoms. The lowest BCUT2D eigenvalue weighted by atomic mass is 9.84. The van der Waals surface area contributed by atoms with E-state index >= 15 is 0 Å². The lowest BCUT2D eigenvalue weighted by Crippen LogP contribution is -2.37. The van der Waals surface area contributed by atoms with Crippen molar-refractivity contribution < 1.29 is 4.74 Å². The number of nitrogens with one attached hydrogen (secondary N) is 1. The molecule has 0 aromatic heterocycles. The molecule has 1 N–H and O–H groups in total. The average Bonchev–Trinajstić information content (AvgIpc) is 2.37. The van der Waals surface area contributed by atoms with Gasteiger partial charge >= 0.3 is 0 Å². The van der Waals surface area contributed by atoms with E-state index in [2.05, 4.69) is 57.3 Å². The zero-order valence-corrected chi connectivity index (χ0v) is 13.4. The summed E-state index contributed by atoms with van der Waals surface area (Å²) in [5.41, 5.74) is 1.64. The van der Waals surface area contributed by atoms with E-state index in [1.54, 1.807) is 0 Å². The molecule has 0 fully saturated rings. The summed E-state index contributed by atoms with van der Waals surface area (Å²) in [6, 6.07) is 8.54. The van der Waals surface area contributed by atoms with Gasteiger partial charge in [-0.15, -0.1) is 0 Å². The molecule has 2 rings (SSSR count). The molecule has 1 aromatic rings. The van der Waals surface area contributed by atoms with E-state index in [4.69, 9.17) is 4.74 Å². The summed E-state index contributed by atoms with van der Waals surface area (Å²) >= 11 is 0. The van der Waals surface area contributed by atoms with E-state index in [1.165, 1.54) is 18.4 Å². The van der Waals surface area contributed by atoms with Gasteiger partial charge in [0.15, 0.2) is 0 Å². The van der Waals surface area contributed by atoms with Gasteiger partial charge in [0, 0.05) is 5.54 Å². The van der Waals surface area contributed by atoms with Gasteiger partial charge in [-0.3, -0.25) is 0 Å². The Hall–Kier alpha value is -1.02. The smallest absolute Gasteiger partial charge is 0.122 e. The van der Waals surface area contributed by atoms with Gasteiger partial charge < -0.3 is 10.1 Å². The quantitative estimate of drug-likeness (QED) is 0.862. The molecule has 2 unspecified atom stereocenters. The van der Waals surface area contributed by atoms with E-state index in [0.29, 0.717) is 5.92 Å². The fraction of sp³-hybridized carbons (Fsp3) is 0.667. The van der Waals surface area contributed by atoms with Gasteiger partial charge in [0.1, 0.15) is 5.75 Å². The first kappa shape index (κ1) is 15.4. The summed E-state index contributed by atoms with van der Waals surface area (Å²) in [4.78, 5) is 0. The Labute approximate surface area is 123 Å². The second-order valence-electron chi connectivity index (χ2n) is 7.18. The first-order valence-electron chi connectivity index (χ1n) is 7.92. The molecule has 112 valence electrons. The molecule has 1 aliphatic rings. The van der Waals surface area contributed by atoms with Crippen LogP contribution >= 0.6 is 0 Å². The van der Waals surface area contributed by atoms with Crippen LogP contribution in [0.1, 0.15) is 58.4 Å². The van der Waals surface area contributed by atoms with E-state index in [0.717, 1.165) is 31.2 Å². The molecule has 1 heterocycles. The van der Waals surface area contributed by atoms with Gasteiger partial charge in [-0.25, -0.2) is 0 Å². The van der Waals surface area contributed by atoms with Crippen molar-refractivity contribution in [2.45, 2.75) is 58.4 Å². The summed E-state index contributed by atoms with van der Waals surface area (Å²) in [6.45, 7) is 11.0. The number of hydrogen-bond acceptors (Lipinski definition) is 2. The van der Waals surface area contributed by atoms with Gasteiger partial charge in [-0.1, -0.05) is 25.1 Å². The van der Waals surface area contributed by atoms with Gasteiger partial charge in [-0.2, -0.15) is 0 Å². The number of hydrogen-bond donors (Lipinski definition) is 1. The largest absolute Gasteiger partial charge is 0.493 e. The second kappa shape index (κ2) is 6.62. The second-order valence-corrected chi connectivity index (χ2v) is 7.18. The molecule has 2 atom stereocenters. The first-order chi connectivity index (χ1) is 9.46. The lowest BCUT2D eigenvalue weighted by Gasteiger charge is -2.28. The fourth-order valence-corrected chi connectivity index (χ4v) is 2.96. The molecule has 0 bridgehead atoms. The molecule has 2 nitrogen and oxygen atoms in total. The third-order valence-corrected chi connectivity index (χ3v) is 4.06. The van der Waals surface area contributed by atoms with Crippen molar-refractivity contribution in [2.24, 2.45) is 5.92 Å². The van der Waals surface area contributed by atoms with Crippen LogP contribution in [0.4, 0.5) is 0 Å². The normalized spacial score (nSPS) is 20.1. The molecular weight excluding hydrogens is 246 g/mol. The Morgan fingerprint density at radius 2 is 2.05 bits per heavy atom. The molecule has 0 aliphatic carbocycles. The molecule has 0 radical (unpaired) electrons. The molecule has 0 spiro atoms. The summed E-state index contributed by atoms with van der Waals surface area (Å²) in [5, 5.41) is 3.58. The highest BCUT2D eigenvalue weighted by Crippen LogP contribution is 2.37. The molecule has 1 aromatic carbocycles. The Balaban J connectivity index is 1.85. The SMILES string of the molecule is CC(CCNC(C)(C)C)CC1CCOc2ccccc21. The molecule has 0 saturated heterocycles. The number of ether oxygens (including phenoxy) is 1. The fourth-order valence-electron chi connectivity index (χ4n) is 2.96. The Bertz CT molecular complexity index is 422. The highest BCUT2D eigenvalue weighted by atomic mass is 16.5. The standard InChI is InChI=1S/C18H29NO/c1-14(9-11-19-18(2,3)4)13-15-10-12-20-17-8-6-5-7-16(15)17/h5-8,14-15,19H,9-13H2,1-4H3. The maximum Gasteiger partial charge on any atom is 0.122 e. The van der Waals surface area contributed by atoms with Crippen LogP contribution in [-0.4, -0.2) is 18.7 Å². The summed E-state index contributed by atoms with van der Waals surface area (Å²) in [5.74, 6) is 2.52. The van der Waals surface area contributed by atoms with E-state index < -0.39 is 0 Å². The van der Waals surface area contributed by atoms with Crippen molar-refractivity contribution in [3.05, 3.63) is 29.8 Å². The van der Waals surface area contributed by atoms with Crippen molar-refractivity contribution in [1.82, 2.24) is 5.32 Å². The van der Waals surface area contributed by atoms with Crippen LogP contribution in [0, 0.1) is 5.92 Å². The molecule has 20 heavy (non-hydrogen) atoms. The van der Waals surface area contributed by atoms with Crippen molar-refractivity contribution in [2.75, 3.05) is 13.2 Å². The van der Waals surface area contributed by atoms with Gasteiger partial charge in [0.2, 0.25) is 0 Å². The van der Waals surface area contributed by atoms with Crippen LogP contribution in [0.3, 0.4) is 0 Å². The van der Waals surface area contributed by atoms with Crippen LogP contribution < -0.4 is 10.1 Å². The van der Waals surface area contributed by atoms with Crippen LogP contribution in [-0.2, 0) is 0 Å². The van der Waals surface area contributed by atoms with Gasteiger partial charge in [0.05, 0.1) is 6.61 Å². The number of benzene rings is 1. The molecule has 1 aliphatic heterocycles. The zero-order chi connectivity index (χ0) is 14.6. The van der Waals surface area contributed by atoms with Gasteiger partial charge in [0.25, 0.3) is 0 Å². The number of fused-ring (bicyclic) bond motifs is 1. The van der Waals surface area contributed by atoms with Gasteiger partial charge in [-0.05, 0) is 70.0 Å². The van der Waals surface area contributed by atoms with Crippen LogP contribution in [0.2, 0.25) is 0 Å². The Morgan fingerprint density at radius 3 is 2.80 bits per heavy atom. The monoisotopic (exact) mass is 275 g/mol. The summed E-state index contributed by atoms with van der Waals surface area (Å²) in [6.07, 6.45) is 3.68. The number of rotatable bonds is 5. The maximum absolute atomic E-state index is 5.75. The van der Waals surface area contributed by atoms with Crippen molar-refractivity contribution in [1.29, 1.82) is 0 Å². The minimum absolute atomic E-state index is 0.227. The van der Waals surface area contributed by atoms with Crippen molar-refractivity contribution in [3.8, 4) is 5.75 Å². The molecule has 0 amide bonds. The maximum atomic E-state index is 5.75. The Morgan fingerprint density at radius 1 is 1.30 bits per heavy atom. The third-order valence-electron chi connectivity index (χ3n) is 4.06.